The lowest BCUT2D eigenvalue weighted by molar-refractivity contribution is -0.207. The van der Waals surface area contributed by atoms with E-state index in [9.17, 15) is 22.8 Å². The number of halogens is 3. The zero-order valence-electron chi connectivity index (χ0n) is 11.6. The first kappa shape index (κ1) is 17.7. The number of nitrogens with one attached hydrogen (secondary N) is 2. The number of ether oxygens (including phenoxy) is 1. The quantitative estimate of drug-likeness (QED) is 0.671. The number of aliphatic carboxylic acids is 1. The molecule has 0 radical (unpaired) electrons. The van der Waals surface area contributed by atoms with E-state index in [0.29, 0.717) is 6.92 Å². The molecule has 1 fully saturated rings. The maximum Gasteiger partial charge on any atom is 0.422 e. The lowest BCUT2D eigenvalue weighted by Crippen LogP contribution is -2.62. The SMILES string of the molecule is CC(NC(=O)CCOC1CCNCC1)(C(=O)O)C(F)(F)F. The number of rotatable bonds is 6. The molecule has 1 aliphatic rings. The van der Waals surface area contributed by atoms with E-state index >= 15 is 0 Å². The molecule has 1 amide bonds. The van der Waals surface area contributed by atoms with Crippen LogP contribution in [0.15, 0.2) is 0 Å². The number of carbonyl (C=O) groups is 2. The molecular weight excluding hydrogens is 293 g/mol. The van der Waals surface area contributed by atoms with E-state index in [4.69, 9.17) is 9.84 Å². The monoisotopic (exact) mass is 312 g/mol. The summed E-state index contributed by atoms with van der Waals surface area (Å²) in [5, 5.41) is 13.3. The third-order valence-electron chi connectivity index (χ3n) is 3.35. The molecule has 0 aliphatic carbocycles. The zero-order valence-corrected chi connectivity index (χ0v) is 11.6. The van der Waals surface area contributed by atoms with Crippen LogP contribution in [0.2, 0.25) is 0 Å². The van der Waals surface area contributed by atoms with Crippen LogP contribution in [-0.4, -0.2) is 54.5 Å². The van der Waals surface area contributed by atoms with Crippen LogP contribution < -0.4 is 10.6 Å². The van der Waals surface area contributed by atoms with Gasteiger partial charge in [0.2, 0.25) is 11.4 Å². The molecule has 6 nitrogen and oxygen atoms in total. The van der Waals surface area contributed by atoms with Gasteiger partial charge in [0.25, 0.3) is 0 Å². The Morgan fingerprint density at radius 2 is 1.90 bits per heavy atom. The van der Waals surface area contributed by atoms with Gasteiger partial charge in [-0.3, -0.25) is 4.79 Å². The third-order valence-corrected chi connectivity index (χ3v) is 3.35. The van der Waals surface area contributed by atoms with Crippen molar-refractivity contribution in [2.45, 2.75) is 44.0 Å². The van der Waals surface area contributed by atoms with Gasteiger partial charge in [-0.05, 0) is 32.9 Å². The number of hydrogen-bond donors (Lipinski definition) is 3. The Balaban J connectivity index is 2.42. The number of carboxylic acids is 1. The molecule has 0 aromatic carbocycles. The predicted molar refractivity (Wildman–Crippen MR) is 66.7 cm³/mol. The van der Waals surface area contributed by atoms with Crippen molar-refractivity contribution < 1.29 is 32.6 Å². The van der Waals surface area contributed by atoms with E-state index in [1.807, 2.05) is 0 Å². The Bertz CT molecular complexity index is 383. The summed E-state index contributed by atoms with van der Waals surface area (Å²) in [6.45, 7) is 1.97. The summed E-state index contributed by atoms with van der Waals surface area (Å²) in [6, 6.07) is 0. The molecule has 3 N–H and O–H groups in total. The van der Waals surface area contributed by atoms with E-state index in [0.717, 1.165) is 25.9 Å². The summed E-state index contributed by atoms with van der Waals surface area (Å²) in [4.78, 5) is 22.2. The molecule has 0 bridgehead atoms. The van der Waals surface area contributed by atoms with Gasteiger partial charge in [0.15, 0.2) is 0 Å². The number of alkyl halides is 3. The highest BCUT2D eigenvalue weighted by atomic mass is 19.4. The highest BCUT2D eigenvalue weighted by Gasteiger charge is 2.58. The van der Waals surface area contributed by atoms with Gasteiger partial charge in [0.05, 0.1) is 19.1 Å². The Labute approximate surface area is 120 Å². The number of carboxylic acid groups (broad SMARTS) is 1. The van der Waals surface area contributed by atoms with Crippen molar-refractivity contribution in [3.05, 3.63) is 0 Å². The average molecular weight is 312 g/mol. The van der Waals surface area contributed by atoms with Crippen molar-refractivity contribution in [2.24, 2.45) is 0 Å². The average Bonchev–Trinajstić information content (AvgIpc) is 2.38. The van der Waals surface area contributed by atoms with Crippen LogP contribution in [0.25, 0.3) is 0 Å². The summed E-state index contributed by atoms with van der Waals surface area (Å²) < 4.78 is 43.5. The Kier molecular flexibility index (Phi) is 5.97. The smallest absolute Gasteiger partial charge is 0.422 e. The minimum Gasteiger partial charge on any atom is -0.479 e. The summed E-state index contributed by atoms with van der Waals surface area (Å²) >= 11 is 0. The van der Waals surface area contributed by atoms with E-state index in [-0.39, 0.29) is 19.1 Å². The second-order valence-corrected chi connectivity index (χ2v) is 5.05. The van der Waals surface area contributed by atoms with Crippen molar-refractivity contribution in [3.8, 4) is 0 Å². The fraction of sp³-hybridized carbons (Fsp3) is 0.833. The minimum absolute atomic E-state index is 0.0208. The lowest BCUT2D eigenvalue weighted by atomic mass is 10.0. The second-order valence-electron chi connectivity index (χ2n) is 5.05. The number of amides is 1. The number of piperidine rings is 1. The molecule has 1 saturated heterocycles. The fourth-order valence-electron chi connectivity index (χ4n) is 1.87. The van der Waals surface area contributed by atoms with Gasteiger partial charge in [-0.1, -0.05) is 0 Å². The van der Waals surface area contributed by atoms with Crippen molar-refractivity contribution in [2.75, 3.05) is 19.7 Å². The van der Waals surface area contributed by atoms with Crippen LogP contribution in [-0.2, 0) is 14.3 Å². The molecule has 1 rings (SSSR count). The van der Waals surface area contributed by atoms with E-state index in [1.54, 1.807) is 0 Å². The highest BCUT2D eigenvalue weighted by molar-refractivity contribution is 5.87. The number of hydrogen-bond acceptors (Lipinski definition) is 4. The van der Waals surface area contributed by atoms with Gasteiger partial charge < -0.3 is 20.5 Å². The van der Waals surface area contributed by atoms with Crippen molar-refractivity contribution >= 4 is 11.9 Å². The normalized spacial score (nSPS) is 19.8. The van der Waals surface area contributed by atoms with Crippen LogP contribution >= 0.6 is 0 Å². The molecule has 0 aromatic rings. The standard InChI is InChI=1S/C12H19F3N2O4/c1-11(10(19)20,12(13,14)15)17-9(18)4-7-21-8-2-5-16-6-3-8/h8,16H,2-7H2,1H3,(H,17,18)(H,19,20). The van der Waals surface area contributed by atoms with Gasteiger partial charge >= 0.3 is 12.1 Å². The summed E-state index contributed by atoms with van der Waals surface area (Å²) in [6.07, 6.45) is -3.87. The summed E-state index contributed by atoms with van der Waals surface area (Å²) in [5.74, 6) is -3.16. The third kappa shape index (κ3) is 4.85. The van der Waals surface area contributed by atoms with E-state index in [1.165, 1.54) is 5.32 Å². The molecular formula is C12H19F3N2O4. The first-order valence-electron chi connectivity index (χ1n) is 6.60. The Hall–Kier alpha value is -1.35. The summed E-state index contributed by atoms with van der Waals surface area (Å²) in [5.41, 5.74) is -3.29. The minimum atomic E-state index is -5.08. The molecule has 1 heterocycles. The molecule has 122 valence electrons. The summed E-state index contributed by atoms with van der Waals surface area (Å²) in [7, 11) is 0. The van der Waals surface area contributed by atoms with Gasteiger partial charge in [0, 0.05) is 0 Å². The van der Waals surface area contributed by atoms with Crippen LogP contribution in [0.1, 0.15) is 26.2 Å². The van der Waals surface area contributed by atoms with Crippen LogP contribution in [0.3, 0.4) is 0 Å². The lowest BCUT2D eigenvalue weighted by Gasteiger charge is -2.28. The Morgan fingerprint density at radius 3 is 2.38 bits per heavy atom. The first-order valence-corrected chi connectivity index (χ1v) is 6.60. The molecule has 0 saturated carbocycles. The molecule has 0 aromatic heterocycles. The molecule has 1 unspecified atom stereocenters. The Morgan fingerprint density at radius 1 is 1.33 bits per heavy atom. The van der Waals surface area contributed by atoms with Crippen molar-refractivity contribution in [1.82, 2.24) is 10.6 Å². The molecule has 0 spiro atoms. The predicted octanol–water partition coefficient (Wildman–Crippen LogP) is 0.667. The largest absolute Gasteiger partial charge is 0.479 e. The van der Waals surface area contributed by atoms with Crippen LogP contribution in [0, 0.1) is 0 Å². The molecule has 1 atom stereocenters. The molecule has 9 heteroatoms. The van der Waals surface area contributed by atoms with Gasteiger partial charge in [-0.15, -0.1) is 0 Å². The maximum absolute atomic E-state index is 12.7. The second kappa shape index (κ2) is 7.08. The topological polar surface area (TPSA) is 87.7 Å². The number of carbonyl (C=O) groups excluding carboxylic acids is 1. The molecule has 21 heavy (non-hydrogen) atoms. The zero-order chi connectivity index (χ0) is 16.1. The van der Waals surface area contributed by atoms with Crippen LogP contribution in [0.5, 0.6) is 0 Å². The van der Waals surface area contributed by atoms with Crippen LogP contribution in [0.4, 0.5) is 13.2 Å². The fourth-order valence-corrected chi connectivity index (χ4v) is 1.87. The molecule has 1 aliphatic heterocycles. The van der Waals surface area contributed by atoms with Crippen molar-refractivity contribution in [3.63, 3.8) is 0 Å². The van der Waals surface area contributed by atoms with E-state index < -0.39 is 23.6 Å². The van der Waals surface area contributed by atoms with Crippen molar-refractivity contribution in [1.29, 1.82) is 0 Å². The van der Waals surface area contributed by atoms with Gasteiger partial charge in [-0.25, -0.2) is 4.79 Å². The van der Waals surface area contributed by atoms with Gasteiger partial charge in [0.1, 0.15) is 0 Å². The highest BCUT2D eigenvalue weighted by Crippen LogP contribution is 2.30. The maximum atomic E-state index is 12.7. The van der Waals surface area contributed by atoms with Gasteiger partial charge in [-0.2, -0.15) is 13.2 Å². The van der Waals surface area contributed by atoms with E-state index in [2.05, 4.69) is 5.32 Å². The first-order chi connectivity index (χ1) is 9.67.